The van der Waals surface area contributed by atoms with Gasteiger partial charge in [0.2, 0.25) is 5.52 Å². The molecule has 1 aliphatic rings. The predicted molar refractivity (Wildman–Crippen MR) is 154 cm³/mol. The second-order valence-electron chi connectivity index (χ2n) is 9.06. The van der Waals surface area contributed by atoms with Crippen molar-refractivity contribution in [3.8, 4) is 0 Å². The molecule has 1 fully saturated rings. The highest BCUT2D eigenvalue weighted by Gasteiger charge is 2.19. The molecule has 2 aromatic carbocycles. The number of aromatic nitrogens is 1. The summed E-state index contributed by atoms with van der Waals surface area (Å²) >= 11 is 1.65. The number of ether oxygens (including phenoxy) is 4. The number of hydrogen-bond acceptors (Lipinski definition) is 8. The lowest BCUT2D eigenvalue weighted by Crippen LogP contribution is -2.35. The second kappa shape index (κ2) is 15.4. The molecule has 0 unspecified atom stereocenters. The van der Waals surface area contributed by atoms with E-state index in [-0.39, 0.29) is 5.75 Å². The Morgan fingerprint density at radius 3 is 2.03 bits per heavy atom. The van der Waals surface area contributed by atoms with Crippen molar-refractivity contribution in [2.75, 3.05) is 76.6 Å². The first-order valence-corrected chi connectivity index (χ1v) is 15.6. The van der Waals surface area contributed by atoms with Gasteiger partial charge in [0.05, 0.1) is 58.6 Å². The number of anilines is 1. The van der Waals surface area contributed by atoms with E-state index >= 15 is 0 Å². The van der Waals surface area contributed by atoms with Gasteiger partial charge in [0, 0.05) is 37.3 Å². The number of fused-ring (bicyclic) bond motifs is 1. The van der Waals surface area contributed by atoms with E-state index < -0.39 is 10.1 Å². The molecule has 1 aromatic heterocycles. The van der Waals surface area contributed by atoms with Crippen LogP contribution in [0.15, 0.2) is 48.5 Å². The maximum atomic E-state index is 11.2. The number of para-hydroxylation sites is 1. The minimum atomic E-state index is -3.99. The monoisotopic (exact) mass is 577 g/mol. The average molecular weight is 578 g/mol. The molecule has 0 saturated carbocycles. The summed E-state index contributed by atoms with van der Waals surface area (Å²) in [5, 5.41) is 1.02. The fourth-order valence-electron chi connectivity index (χ4n) is 4.26. The summed E-state index contributed by atoms with van der Waals surface area (Å²) in [6.07, 6.45) is 4.46. The van der Waals surface area contributed by atoms with Crippen LogP contribution in [0, 0.1) is 0 Å². The van der Waals surface area contributed by atoms with Gasteiger partial charge in [-0.15, -0.1) is 0 Å². The molecule has 0 atom stereocenters. The summed E-state index contributed by atoms with van der Waals surface area (Å²) in [6, 6.07) is 16.4. The number of benzene rings is 2. The van der Waals surface area contributed by atoms with Gasteiger partial charge < -0.3 is 23.8 Å². The van der Waals surface area contributed by atoms with Crippen molar-refractivity contribution in [1.29, 1.82) is 0 Å². The molecule has 1 aliphatic heterocycles. The van der Waals surface area contributed by atoms with Gasteiger partial charge in [0.1, 0.15) is 4.70 Å². The van der Waals surface area contributed by atoms with Crippen molar-refractivity contribution in [1.82, 2.24) is 0 Å². The Bertz CT molecular complexity index is 1280. The predicted octanol–water partition coefficient (Wildman–Crippen LogP) is 3.52. The summed E-state index contributed by atoms with van der Waals surface area (Å²) in [6.45, 7) is 6.56. The van der Waals surface area contributed by atoms with Gasteiger partial charge in [-0.25, -0.2) is 0 Å². The van der Waals surface area contributed by atoms with Gasteiger partial charge in [-0.2, -0.15) is 13.0 Å². The van der Waals surface area contributed by atoms with E-state index in [9.17, 15) is 8.42 Å². The number of aryl methyl sites for hydroxylation is 1. The molecule has 212 valence electrons. The zero-order chi connectivity index (χ0) is 27.3. The summed E-state index contributed by atoms with van der Waals surface area (Å²) in [5.74, 6) is -0.261. The maximum absolute atomic E-state index is 11.2. The first-order valence-electron chi connectivity index (χ1n) is 13.2. The quantitative estimate of drug-likeness (QED) is 0.337. The van der Waals surface area contributed by atoms with Crippen LogP contribution in [0.1, 0.15) is 17.0 Å². The molecule has 0 bridgehead atoms. The van der Waals surface area contributed by atoms with Gasteiger partial charge in [-0.05, 0) is 29.8 Å². The van der Waals surface area contributed by atoms with Crippen molar-refractivity contribution in [3.63, 3.8) is 0 Å². The van der Waals surface area contributed by atoms with Gasteiger partial charge >= 0.3 is 0 Å². The third kappa shape index (κ3) is 9.95. The van der Waals surface area contributed by atoms with Crippen LogP contribution in [0.2, 0.25) is 0 Å². The molecule has 0 aliphatic carbocycles. The highest BCUT2D eigenvalue weighted by Crippen LogP contribution is 2.23. The van der Waals surface area contributed by atoms with Gasteiger partial charge in [-0.1, -0.05) is 35.6 Å². The summed E-state index contributed by atoms with van der Waals surface area (Å²) in [7, 11) is -3.99. The van der Waals surface area contributed by atoms with Crippen LogP contribution >= 0.6 is 11.3 Å². The molecule has 3 aromatic rings. The summed E-state index contributed by atoms with van der Waals surface area (Å²) in [5.41, 5.74) is 3.20. The third-order valence-electron chi connectivity index (χ3n) is 6.22. The number of rotatable bonds is 7. The van der Waals surface area contributed by atoms with E-state index in [1.54, 1.807) is 11.3 Å². The molecule has 1 saturated heterocycles. The smallest absolute Gasteiger partial charge is 0.265 e. The number of nitrogens with zero attached hydrogens (tertiary/aromatic N) is 2. The van der Waals surface area contributed by atoms with Crippen molar-refractivity contribution >= 4 is 49.5 Å². The molecular weight excluding hydrogens is 540 g/mol. The van der Waals surface area contributed by atoms with Crippen LogP contribution in [-0.4, -0.2) is 84.7 Å². The Labute approximate surface area is 234 Å². The van der Waals surface area contributed by atoms with Crippen LogP contribution < -0.4 is 9.47 Å². The third-order valence-corrected chi connectivity index (χ3v) is 8.16. The standard InChI is InChI=1S/C28H36N2O7S2/c31-39(32,33)23-3-12-30-26-4-1-2-5-27(26)38-28(30)11-8-24-6-9-25(10-7-24)29-13-15-34-17-19-36-21-22-37-20-18-35-16-14-29/h1-2,4-11H,3,12-23H2/p+1. The van der Waals surface area contributed by atoms with E-state index in [1.165, 1.54) is 0 Å². The highest BCUT2D eigenvalue weighted by atomic mass is 32.2. The zero-order valence-electron chi connectivity index (χ0n) is 22.1. The lowest BCUT2D eigenvalue weighted by atomic mass is 10.2. The maximum Gasteiger partial charge on any atom is 0.265 e. The van der Waals surface area contributed by atoms with Crippen molar-refractivity contribution in [3.05, 3.63) is 59.1 Å². The van der Waals surface area contributed by atoms with E-state index in [2.05, 4.69) is 52.0 Å². The van der Waals surface area contributed by atoms with Gasteiger partial charge in [0.15, 0.2) is 6.54 Å². The van der Waals surface area contributed by atoms with Crippen LogP contribution in [0.3, 0.4) is 0 Å². The van der Waals surface area contributed by atoms with Crippen molar-refractivity contribution in [2.24, 2.45) is 0 Å². The number of thiazole rings is 1. The normalized spacial score (nSPS) is 17.3. The molecule has 9 nitrogen and oxygen atoms in total. The topological polar surface area (TPSA) is 98.4 Å². The van der Waals surface area contributed by atoms with Crippen LogP contribution in [0.4, 0.5) is 5.69 Å². The Morgan fingerprint density at radius 1 is 0.821 bits per heavy atom. The fraction of sp³-hybridized carbons (Fsp3) is 0.464. The average Bonchev–Trinajstić information content (AvgIpc) is 3.27. The Kier molecular flexibility index (Phi) is 11.7. The van der Waals surface area contributed by atoms with Gasteiger partial charge in [-0.3, -0.25) is 4.55 Å². The van der Waals surface area contributed by atoms with Crippen LogP contribution in [0.25, 0.3) is 22.4 Å². The van der Waals surface area contributed by atoms with E-state index in [4.69, 9.17) is 23.5 Å². The first kappa shape index (κ1) is 29.6. The minimum Gasteiger partial charge on any atom is -0.377 e. The molecule has 0 amide bonds. The lowest BCUT2D eigenvalue weighted by Gasteiger charge is -2.25. The largest absolute Gasteiger partial charge is 0.377 e. The van der Waals surface area contributed by atoms with E-state index in [0.717, 1.165) is 39.6 Å². The fourth-order valence-corrected chi connectivity index (χ4v) is 5.84. The molecular formula is C28H37N2O7S2+. The SMILES string of the molecule is O=S(=O)(O)CCC[n+]1c(/C=C/c2ccc(N3CCOCCOCCOCCOCC3)cc2)sc2ccccc21. The molecule has 11 heteroatoms. The van der Waals surface area contributed by atoms with Gasteiger partial charge in [0.25, 0.3) is 15.1 Å². The second-order valence-corrected chi connectivity index (χ2v) is 11.7. The van der Waals surface area contributed by atoms with Crippen molar-refractivity contribution in [2.45, 2.75) is 13.0 Å². The van der Waals surface area contributed by atoms with E-state index in [0.29, 0.717) is 65.8 Å². The molecule has 0 spiro atoms. The van der Waals surface area contributed by atoms with E-state index in [1.807, 2.05) is 18.2 Å². The number of hydrogen-bond donors (Lipinski definition) is 1. The van der Waals surface area contributed by atoms with Crippen molar-refractivity contribution < 1.29 is 36.5 Å². The molecule has 39 heavy (non-hydrogen) atoms. The summed E-state index contributed by atoms with van der Waals surface area (Å²) < 4.78 is 57.3. The van der Waals surface area contributed by atoms with Crippen LogP contribution in [0.5, 0.6) is 0 Å². The van der Waals surface area contributed by atoms with Crippen LogP contribution in [-0.2, 0) is 35.6 Å². The first-order chi connectivity index (χ1) is 19.0. The Morgan fingerprint density at radius 2 is 1.41 bits per heavy atom. The molecule has 4 rings (SSSR count). The minimum absolute atomic E-state index is 0.261. The zero-order valence-corrected chi connectivity index (χ0v) is 23.7. The lowest BCUT2D eigenvalue weighted by molar-refractivity contribution is -0.668. The molecule has 2 heterocycles. The summed E-state index contributed by atoms with van der Waals surface area (Å²) in [4.78, 5) is 2.25. The Hall–Kier alpha value is -2.38. The Balaban J connectivity index is 1.42. The molecule has 0 radical (unpaired) electrons. The highest BCUT2D eigenvalue weighted by molar-refractivity contribution is 7.85. The molecule has 1 N–H and O–H groups in total.